The van der Waals surface area contributed by atoms with Gasteiger partial charge in [-0.05, 0) is 36.4 Å². The zero-order valence-electron chi connectivity index (χ0n) is 18.8. The van der Waals surface area contributed by atoms with Gasteiger partial charge in [0.2, 0.25) is 11.5 Å². The molecule has 3 aromatic rings. The molecule has 3 aliphatic heterocycles. The molecule has 0 spiro atoms. The second-order valence-electron chi connectivity index (χ2n) is 8.68. The number of hydrogen-bond acceptors (Lipinski definition) is 5. The van der Waals surface area contributed by atoms with Gasteiger partial charge in [-0.3, -0.25) is 9.79 Å². The first-order chi connectivity index (χ1) is 16.7. The number of carbonyl (C=O) groups excluding carboxylic acids is 1. The summed E-state index contributed by atoms with van der Waals surface area (Å²) in [6, 6.07) is 25.2. The molecule has 1 saturated heterocycles. The van der Waals surface area contributed by atoms with Crippen molar-refractivity contribution >= 4 is 34.5 Å². The Bertz CT molecular complexity index is 1300. The Balaban J connectivity index is 1.26. The van der Waals surface area contributed by atoms with Crippen LogP contribution in [0.4, 0.5) is 17.1 Å². The topological polar surface area (TPSA) is 65.2 Å². The lowest BCUT2D eigenvalue weighted by molar-refractivity contribution is -0.358. The van der Waals surface area contributed by atoms with Crippen LogP contribution in [0.1, 0.15) is 15.9 Å². The predicted octanol–water partition coefficient (Wildman–Crippen LogP) is 3.51. The third kappa shape index (κ3) is 3.41. The van der Waals surface area contributed by atoms with E-state index in [4.69, 9.17) is 0 Å². The van der Waals surface area contributed by atoms with E-state index in [0.29, 0.717) is 31.0 Å². The van der Waals surface area contributed by atoms with Crippen LogP contribution in [0.3, 0.4) is 0 Å². The van der Waals surface area contributed by atoms with Gasteiger partial charge in [0.15, 0.2) is 0 Å². The molecule has 6 rings (SSSR count). The predicted molar refractivity (Wildman–Crippen MR) is 134 cm³/mol. The molecule has 0 radical (unpaired) electrons. The Morgan fingerprint density at radius 3 is 2.29 bits per heavy atom. The molecule has 7 heteroatoms. The van der Waals surface area contributed by atoms with Crippen molar-refractivity contribution in [2.75, 3.05) is 49.1 Å². The minimum absolute atomic E-state index is 0.0783. The van der Waals surface area contributed by atoms with Crippen LogP contribution in [-0.4, -0.2) is 66.4 Å². The van der Waals surface area contributed by atoms with Crippen molar-refractivity contribution in [3.63, 3.8) is 0 Å². The fraction of sp³-hybridized carbons (Fsp3) is 0.222. The van der Waals surface area contributed by atoms with E-state index in [1.54, 1.807) is 0 Å². The van der Waals surface area contributed by atoms with E-state index in [1.165, 1.54) is 0 Å². The third-order valence-corrected chi connectivity index (χ3v) is 6.72. The highest BCUT2D eigenvalue weighted by atomic mass is 16.5. The summed E-state index contributed by atoms with van der Waals surface area (Å²) in [6.07, 6.45) is 0. The summed E-state index contributed by atoms with van der Waals surface area (Å²) in [5, 5.41) is 13.4. The molecule has 1 fully saturated rings. The molecule has 0 unspecified atom stereocenters. The van der Waals surface area contributed by atoms with E-state index in [1.807, 2.05) is 77.7 Å². The highest BCUT2D eigenvalue weighted by Crippen LogP contribution is 2.38. The van der Waals surface area contributed by atoms with Gasteiger partial charge in [0.25, 0.3) is 11.6 Å². The number of carbonyl (C=O) groups is 1. The van der Waals surface area contributed by atoms with Crippen LogP contribution in [-0.2, 0) is 0 Å². The van der Waals surface area contributed by atoms with E-state index in [2.05, 4.69) is 20.9 Å². The van der Waals surface area contributed by atoms with Crippen molar-refractivity contribution in [1.82, 2.24) is 4.90 Å². The molecule has 170 valence electrons. The number of rotatable bonds is 3. The van der Waals surface area contributed by atoms with Gasteiger partial charge in [0.1, 0.15) is 5.69 Å². The molecule has 0 N–H and O–H groups in total. The number of hydrogen-bond donors (Lipinski definition) is 0. The first kappa shape index (κ1) is 20.5. The van der Waals surface area contributed by atoms with Crippen LogP contribution in [0.5, 0.6) is 0 Å². The van der Waals surface area contributed by atoms with Gasteiger partial charge in [-0.1, -0.05) is 36.4 Å². The molecule has 3 aliphatic rings. The van der Waals surface area contributed by atoms with Crippen molar-refractivity contribution in [2.24, 2.45) is 4.99 Å². The number of amidine groups is 1. The first-order valence-corrected chi connectivity index (χ1v) is 11.7. The highest BCUT2D eigenvalue weighted by molar-refractivity contribution is 6.51. The zero-order valence-corrected chi connectivity index (χ0v) is 18.8. The van der Waals surface area contributed by atoms with Gasteiger partial charge in [-0.2, -0.15) is 4.74 Å². The Kier molecular flexibility index (Phi) is 5.02. The highest BCUT2D eigenvalue weighted by Gasteiger charge is 2.38. The molecule has 1 amide bonds. The lowest BCUT2D eigenvalue weighted by atomic mass is 10.0. The van der Waals surface area contributed by atoms with Crippen molar-refractivity contribution in [3.8, 4) is 0 Å². The maximum absolute atomic E-state index is 13.4. The molecule has 0 atom stereocenters. The minimum Gasteiger partial charge on any atom is -0.618 e. The van der Waals surface area contributed by atoms with Gasteiger partial charge in [0, 0.05) is 50.0 Å². The third-order valence-electron chi connectivity index (χ3n) is 6.72. The second kappa shape index (κ2) is 8.33. The SMILES string of the molecule is O=C(c1ccccc1)N1CCN(c2ccc3c(c2)N2CCN=C2C(c2ccccc2)=[N+]3[O-])CC1. The Labute approximate surface area is 198 Å². The molecule has 34 heavy (non-hydrogen) atoms. The fourth-order valence-electron chi connectivity index (χ4n) is 4.97. The average Bonchev–Trinajstić information content (AvgIpc) is 3.39. The quantitative estimate of drug-likeness (QED) is 0.452. The summed E-state index contributed by atoms with van der Waals surface area (Å²) < 4.78 is 1.02. The molecule has 0 bridgehead atoms. The van der Waals surface area contributed by atoms with Crippen LogP contribution in [0.15, 0.2) is 83.9 Å². The summed E-state index contributed by atoms with van der Waals surface area (Å²) in [4.78, 5) is 23.8. The molecular weight excluding hydrogens is 426 g/mol. The second-order valence-corrected chi connectivity index (χ2v) is 8.68. The molecule has 0 aliphatic carbocycles. The summed E-state index contributed by atoms with van der Waals surface area (Å²) in [5.74, 6) is 0.818. The monoisotopic (exact) mass is 451 g/mol. The summed E-state index contributed by atoms with van der Waals surface area (Å²) in [6.45, 7) is 4.27. The van der Waals surface area contributed by atoms with E-state index in [0.717, 1.165) is 52.7 Å². The lowest BCUT2D eigenvalue weighted by Crippen LogP contribution is -2.49. The number of piperazine rings is 1. The number of nitrogens with zero attached hydrogens (tertiary/aromatic N) is 5. The van der Waals surface area contributed by atoms with Crippen molar-refractivity contribution < 1.29 is 9.53 Å². The number of benzene rings is 3. The van der Waals surface area contributed by atoms with Crippen molar-refractivity contribution in [3.05, 3.63) is 95.2 Å². The van der Waals surface area contributed by atoms with Crippen LogP contribution in [0.2, 0.25) is 0 Å². The van der Waals surface area contributed by atoms with Gasteiger partial charge in [-0.15, -0.1) is 0 Å². The first-order valence-electron chi connectivity index (χ1n) is 11.7. The molecule has 3 heterocycles. The normalized spacial score (nSPS) is 17.4. The van der Waals surface area contributed by atoms with E-state index < -0.39 is 0 Å². The maximum Gasteiger partial charge on any atom is 0.267 e. The van der Waals surface area contributed by atoms with Gasteiger partial charge < -0.3 is 19.9 Å². The van der Waals surface area contributed by atoms with Gasteiger partial charge in [0.05, 0.1) is 12.1 Å². The molecule has 7 nitrogen and oxygen atoms in total. The number of aliphatic imine (C=N–C) groups is 1. The van der Waals surface area contributed by atoms with Crippen LogP contribution >= 0.6 is 0 Å². The number of fused-ring (bicyclic) bond motifs is 3. The van der Waals surface area contributed by atoms with Gasteiger partial charge in [-0.25, -0.2) is 0 Å². The van der Waals surface area contributed by atoms with Crippen LogP contribution < -0.4 is 9.80 Å². The Morgan fingerprint density at radius 1 is 0.853 bits per heavy atom. The summed E-state index contributed by atoms with van der Waals surface area (Å²) >= 11 is 0. The van der Waals surface area contributed by atoms with Crippen LogP contribution in [0.25, 0.3) is 0 Å². The average molecular weight is 452 g/mol. The maximum atomic E-state index is 13.4. The minimum atomic E-state index is 0.0783. The zero-order chi connectivity index (χ0) is 23.1. The molecule has 3 aromatic carbocycles. The van der Waals surface area contributed by atoms with E-state index >= 15 is 0 Å². The standard InChI is InChI=1S/C27H25N5O2/c33-27(21-9-5-2-6-10-21)30-17-15-29(16-18-30)22-11-12-23-24(19-22)31-14-13-28-26(31)25(32(23)34)20-7-3-1-4-8-20/h1-12,19H,13-18H2. The molecule has 0 saturated carbocycles. The van der Waals surface area contributed by atoms with Crippen LogP contribution in [0, 0.1) is 5.21 Å². The largest absolute Gasteiger partial charge is 0.618 e. The fourth-order valence-corrected chi connectivity index (χ4v) is 4.97. The number of amides is 1. The Morgan fingerprint density at radius 2 is 1.56 bits per heavy atom. The van der Waals surface area contributed by atoms with Gasteiger partial charge >= 0.3 is 0 Å². The molecular formula is C27H25N5O2. The summed E-state index contributed by atoms with van der Waals surface area (Å²) in [5.41, 5.74) is 4.80. The number of anilines is 2. The van der Waals surface area contributed by atoms with Crippen molar-refractivity contribution in [1.29, 1.82) is 0 Å². The van der Waals surface area contributed by atoms with Crippen molar-refractivity contribution in [2.45, 2.75) is 0 Å². The smallest absolute Gasteiger partial charge is 0.267 e. The summed E-state index contributed by atoms with van der Waals surface area (Å²) in [7, 11) is 0. The lowest BCUT2D eigenvalue weighted by Gasteiger charge is -2.37. The Hall–Kier alpha value is -4.13. The van der Waals surface area contributed by atoms with E-state index in [-0.39, 0.29) is 5.91 Å². The van der Waals surface area contributed by atoms with E-state index in [9.17, 15) is 10.0 Å². The molecule has 0 aromatic heterocycles.